The molecule has 1 spiro atoms. The summed E-state index contributed by atoms with van der Waals surface area (Å²) in [7, 11) is 1.84. The van der Waals surface area contributed by atoms with Gasteiger partial charge in [-0.1, -0.05) is 50.1 Å². The number of rotatable bonds is 7. The number of hydrogen-bond acceptors (Lipinski definition) is 5. The predicted molar refractivity (Wildman–Crippen MR) is 167 cm³/mol. The molecule has 6 rings (SSSR count). The van der Waals surface area contributed by atoms with Crippen LogP contribution >= 0.6 is 0 Å². The van der Waals surface area contributed by atoms with Gasteiger partial charge in [0.1, 0.15) is 5.82 Å². The van der Waals surface area contributed by atoms with E-state index in [4.69, 9.17) is 0 Å². The fourth-order valence-corrected chi connectivity index (χ4v) is 7.03. The van der Waals surface area contributed by atoms with Gasteiger partial charge in [0, 0.05) is 42.8 Å². The van der Waals surface area contributed by atoms with E-state index in [9.17, 15) is 9.18 Å². The molecule has 2 heterocycles. The highest BCUT2D eigenvalue weighted by atomic mass is 19.1. The lowest BCUT2D eigenvalue weighted by Gasteiger charge is -2.50. The van der Waals surface area contributed by atoms with Gasteiger partial charge < -0.3 is 10.6 Å². The van der Waals surface area contributed by atoms with Crippen LogP contribution in [0.15, 0.2) is 66.7 Å². The Morgan fingerprint density at radius 2 is 1.79 bits per heavy atom. The number of aromatic nitrogens is 4. The highest BCUT2D eigenvalue weighted by Gasteiger charge is 2.44. The number of aryl methyl sites for hydroxylation is 2. The SMILES string of the molecule is CCc1cc(-c2cccc(NC(=O)NC3CCCCC34CCCN(Cc3ccc(F)cc3)C4)c2)cc(-c2nnnn2C)c1. The maximum atomic E-state index is 13.4. The number of nitrogens with zero attached hydrogens (tertiary/aromatic N) is 5. The van der Waals surface area contributed by atoms with Crippen molar-refractivity contribution >= 4 is 11.7 Å². The van der Waals surface area contributed by atoms with Crippen LogP contribution in [0.1, 0.15) is 56.6 Å². The van der Waals surface area contributed by atoms with Crippen LogP contribution < -0.4 is 10.6 Å². The highest BCUT2D eigenvalue weighted by Crippen LogP contribution is 2.44. The molecule has 1 aliphatic carbocycles. The van der Waals surface area contributed by atoms with Gasteiger partial charge in [-0.2, -0.15) is 0 Å². The Hall–Kier alpha value is -4.11. The first-order valence-corrected chi connectivity index (χ1v) is 15.4. The zero-order valence-electron chi connectivity index (χ0n) is 25.0. The van der Waals surface area contributed by atoms with Gasteiger partial charge in [0.25, 0.3) is 0 Å². The Kier molecular flexibility index (Phi) is 8.51. The molecule has 0 bridgehead atoms. The second kappa shape index (κ2) is 12.6. The molecule has 43 heavy (non-hydrogen) atoms. The van der Waals surface area contributed by atoms with Crippen molar-refractivity contribution in [1.29, 1.82) is 0 Å². The number of benzene rings is 3. The molecule has 2 unspecified atom stereocenters. The largest absolute Gasteiger partial charge is 0.335 e. The first kappa shape index (κ1) is 29.0. The molecule has 1 aliphatic heterocycles. The summed E-state index contributed by atoms with van der Waals surface area (Å²) >= 11 is 0. The highest BCUT2D eigenvalue weighted by molar-refractivity contribution is 5.90. The van der Waals surface area contributed by atoms with Crippen LogP contribution in [0.5, 0.6) is 0 Å². The van der Waals surface area contributed by atoms with Crippen molar-refractivity contribution in [3.8, 4) is 22.5 Å². The van der Waals surface area contributed by atoms with E-state index < -0.39 is 0 Å². The lowest BCUT2D eigenvalue weighted by molar-refractivity contribution is 0.0234. The molecule has 2 fully saturated rings. The number of amides is 2. The Balaban J connectivity index is 1.15. The van der Waals surface area contributed by atoms with Gasteiger partial charge in [-0.25, -0.2) is 13.9 Å². The summed E-state index contributed by atoms with van der Waals surface area (Å²) in [5, 5.41) is 18.5. The van der Waals surface area contributed by atoms with Gasteiger partial charge in [-0.05, 0) is 108 Å². The molecule has 1 aromatic heterocycles. The van der Waals surface area contributed by atoms with Crippen LogP contribution in [0.25, 0.3) is 22.5 Å². The van der Waals surface area contributed by atoms with E-state index in [-0.39, 0.29) is 23.3 Å². The summed E-state index contributed by atoms with van der Waals surface area (Å²) in [4.78, 5) is 15.9. The number of nitrogens with one attached hydrogen (secondary N) is 2. The Morgan fingerprint density at radius 1 is 0.977 bits per heavy atom. The lowest BCUT2D eigenvalue weighted by atomic mass is 9.65. The minimum absolute atomic E-state index is 0.0569. The van der Waals surface area contributed by atoms with Crippen molar-refractivity contribution in [3.63, 3.8) is 0 Å². The van der Waals surface area contributed by atoms with Crippen molar-refractivity contribution in [2.24, 2.45) is 12.5 Å². The van der Waals surface area contributed by atoms with Gasteiger partial charge in [0.15, 0.2) is 5.82 Å². The number of carbonyl (C=O) groups excluding carboxylic acids is 1. The number of carbonyl (C=O) groups is 1. The Morgan fingerprint density at radius 3 is 2.58 bits per heavy atom. The molecule has 2 atom stereocenters. The second-order valence-corrected chi connectivity index (χ2v) is 12.2. The number of likely N-dealkylation sites (tertiary alicyclic amines) is 1. The third-order valence-corrected chi connectivity index (χ3v) is 9.20. The molecule has 3 aromatic carbocycles. The number of halogens is 1. The van der Waals surface area contributed by atoms with E-state index in [1.165, 1.54) is 24.1 Å². The van der Waals surface area contributed by atoms with Crippen molar-refractivity contribution in [1.82, 2.24) is 30.4 Å². The quantitative estimate of drug-likeness (QED) is 0.257. The zero-order valence-corrected chi connectivity index (χ0v) is 25.0. The summed E-state index contributed by atoms with van der Waals surface area (Å²) in [6.07, 6.45) is 7.52. The molecule has 4 aromatic rings. The van der Waals surface area contributed by atoms with Crippen LogP contribution in [0.4, 0.5) is 14.9 Å². The second-order valence-electron chi connectivity index (χ2n) is 12.2. The van der Waals surface area contributed by atoms with Gasteiger partial charge >= 0.3 is 6.03 Å². The molecule has 2 aliphatic rings. The monoisotopic (exact) mass is 581 g/mol. The van der Waals surface area contributed by atoms with Crippen molar-refractivity contribution < 1.29 is 9.18 Å². The number of tetrazole rings is 1. The molecule has 1 saturated heterocycles. The van der Waals surface area contributed by atoms with E-state index in [2.05, 4.69) is 62.2 Å². The lowest BCUT2D eigenvalue weighted by Crippen LogP contribution is -2.57. The normalized spacial score (nSPS) is 20.7. The molecule has 0 radical (unpaired) electrons. The molecule has 2 N–H and O–H groups in total. The number of piperidine rings is 1. The summed E-state index contributed by atoms with van der Waals surface area (Å²) in [6.45, 7) is 4.91. The van der Waals surface area contributed by atoms with Gasteiger partial charge in [-0.15, -0.1) is 5.10 Å². The van der Waals surface area contributed by atoms with E-state index in [0.29, 0.717) is 5.82 Å². The fourth-order valence-electron chi connectivity index (χ4n) is 7.03. The minimum Gasteiger partial charge on any atom is -0.335 e. The van der Waals surface area contributed by atoms with Crippen LogP contribution in [0.3, 0.4) is 0 Å². The first-order valence-electron chi connectivity index (χ1n) is 15.4. The van der Waals surface area contributed by atoms with E-state index in [0.717, 1.165) is 86.1 Å². The fraction of sp³-hybridized carbons (Fsp3) is 0.412. The number of anilines is 1. The summed E-state index contributed by atoms with van der Waals surface area (Å²) in [5.41, 5.74) is 6.16. The zero-order chi connectivity index (χ0) is 29.8. The minimum atomic E-state index is -0.203. The van der Waals surface area contributed by atoms with E-state index in [1.807, 2.05) is 37.4 Å². The Labute approximate surface area is 252 Å². The molecule has 9 heteroatoms. The van der Waals surface area contributed by atoms with Gasteiger partial charge in [-0.3, -0.25) is 4.90 Å². The van der Waals surface area contributed by atoms with Crippen molar-refractivity contribution in [2.75, 3.05) is 18.4 Å². The summed E-state index contributed by atoms with van der Waals surface area (Å²) in [6, 6.07) is 21.2. The molecule has 224 valence electrons. The molecule has 1 saturated carbocycles. The maximum absolute atomic E-state index is 13.4. The van der Waals surface area contributed by atoms with E-state index in [1.54, 1.807) is 4.68 Å². The smallest absolute Gasteiger partial charge is 0.319 e. The predicted octanol–water partition coefficient (Wildman–Crippen LogP) is 6.59. The molecular formula is C34H40FN7O. The standard InChI is InChI=1S/C34H40FN7O/c1-3-24-18-27(20-28(19-24)32-38-39-40-41(32)2)26-8-6-9-30(21-26)36-33(43)37-31-10-4-5-15-34(31)16-7-17-42(23-34)22-25-11-13-29(35)14-12-25/h6,8-9,11-14,18-21,31H,3-5,7,10,15-17,22-23H2,1-2H3,(H2,36,37,43). The van der Waals surface area contributed by atoms with Crippen LogP contribution in [0, 0.1) is 11.2 Å². The third-order valence-electron chi connectivity index (χ3n) is 9.20. The Bertz CT molecular complexity index is 1570. The molecule has 2 amide bonds. The molecule has 8 nitrogen and oxygen atoms in total. The number of urea groups is 1. The average Bonchev–Trinajstić information content (AvgIpc) is 3.45. The maximum Gasteiger partial charge on any atom is 0.319 e. The van der Waals surface area contributed by atoms with E-state index >= 15 is 0 Å². The average molecular weight is 582 g/mol. The van der Waals surface area contributed by atoms with Gasteiger partial charge in [0.2, 0.25) is 0 Å². The first-order chi connectivity index (χ1) is 20.9. The van der Waals surface area contributed by atoms with Crippen LogP contribution in [0.2, 0.25) is 0 Å². The van der Waals surface area contributed by atoms with Crippen LogP contribution in [-0.4, -0.2) is 50.3 Å². The summed E-state index contributed by atoms with van der Waals surface area (Å²) in [5.74, 6) is 0.510. The van der Waals surface area contributed by atoms with Gasteiger partial charge in [0.05, 0.1) is 0 Å². The number of hydrogen-bond donors (Lipinski definition) is 2. The van der Waals surface area contributed by atoms with Crippen LogP contribution in [-0.2, 0) is 20.0 Å². The van der Waals surface area contributed by atoms with Crippen molar-refractivity contribution in [3.05, 3.63) is 83.7 Å². The topological polar surface area (TPSA) is 88.0 Å². The summed E-state index contributed by atoms with van der Waals surface area (Å²) < 4.78 is 15.1. The van der Waals surface area contributed by atoms with Crippen molar-refractivity contribution in [2.45, 2.75) is 64.5 Å². The third kappa shape index (κ3) is 6.62. The molecular weight excluding hydrogens is 541 g/mol.